The van der Waals surface area contributed by atoms with Crippen molar-refractivity contribution in [2.24, 2.45) is 0 Å². The molecular formula is C21H26N4O2. The van der Waals surface area contributed by atoms with E-state index in [0.29, 0.717) is 31.1 Å². The number of nitrogens with zero attached hydrogens (tertiary/aromatic N) is 3. The summed E-state index contributed by atoms with van der Waals surface area (Å²) in [6.45, 7) is 5.34. The third-order valence-corrected chi connectivity index (χ3v) is 5.62. The molecule has 0 spiro atoms. The highest BCUT2D eigenvalue weighted by Gasteiger charge is 2.30. The molecule has 0 saturated heterocycles. The monoisotopic (exact) mass is 366 g/mol. The van der Waals surface area contributed by atoms with Crippen molar-refractivity contribution in [1.29, 1.82) is 0 Å². The molecule has 1 aromatic carbocycles. The summed E-state index contributed by atoms with van der Waals surface area (Å²) in [5.74, 6) is 0.925. The van der Waals surface area contributed by atoms with Gasteiger partial charge in [-0.15, -0.1) is 0 Å². The van der Waals surface area contributed by atoms with Crippen LogP contribution in [0, 0.1) is 6.92 Å². The van der Waals surface area contributed by atoms with Gasteiger partial charge >= 0.3 is 0 Å². The van der Waals surface area contributed by atoms with Gasteiger partial charge in [-0.25, -0.2) is 4.98 Å². The highest BCUT2D eigenvalue weighted by atomic mass is 16.2. The molecule has 2 aromatic rings. The summed E-state index contributed by atoms with van der Waals surface area (Å²) in [6, 6.07) is 7.92. The van der Waals surface area contributed by atoms with Crippen LogP contribution in [0.3, 0.4) is 0 Å². The summed E-state index contributed by atoms with van der Waals surface area (Å²) in [7, 11) is 0. The molecule has 2 heterocycles. The molecule has 1 N–H and O–H groups in total. The zero-order valence-electron chi connectivity index (χ0n) is 15.9. The number of imidazole rings is 1. The quantitative estimate of drug-likeness (QED) is 0.904. The predicted octanol–water partition coefficient (Wildman–Crippen LogP) is 2.62. The van der Waals surface area contributed by atoms with Crippen molar-refractivity contribution < 1.29 is 9.59 Å². The van der Waals surface area contributed by atoms with Gasteiger partial charge in [0.1, 0.15) is 5.82 Å². The van der Waals surface area contributed by atoms with Crippen LogP contribution in [0.5, 0.6) is 0 Å². The Hall–Kier alpha value is -2.63. The summed E-state index contributed by atoms with van der Waals surface area (Å²) in [5.41, 5.74) is 2.56. The highest BCUT2D eigenvalue weighted by molar-refractivity contribution is 5.94. The number of rotatable bonds is 4. The molecule has 27 heavy (non-hydrogen) atoms. The van der Waals surface area contributed by atoms with Crippen LogP contribution in [0.2, 0.25) is 0 Å². The minimum atomic E-state index is -0.116. The number of amides is 2. The first-order valence-electron chi connectivity index (χ1n) is 9.74. The van der Waals surface area contributed by atoms with Crippen LogP contribution in [0.4, 0.5) is 0 Å². The standard InChI is InChI=1S/C21H26N4O2/c1-14-5-3-6-16(11-14)21(27)25-10-9-24-13-18(23-20(24)15(25)2)12-19(26)22-17-7-4-8-17/h3,5-6,11,13,15,17H,4,7-10,12H2,1-2H3,(H,22,26)/t15-/m1/s1. The SMILES string of the molecule is Cc1cccc(C(=O)N2CCn3cc(CC(=O)NC4CCC4)nc3[C@H]2C)c1. The van der Waals surface area contributed by atoms with Crippen molar-refractivity contribution in [3.8, 4) is 0 Å². The topological polar surface area (TPSA) is 67.2 Å². The Balaban J connectivity index is 1.47. The van der Waals surface area contributed by atoms with Crippen molar-refractivity contribution in [3.63, 3.8) is 0 Å². The van der Waals surface area contributed by atoms with Gasteiger partial charge < -0.3 is 14.8 Å². The van der Waals surface area contributed by atoms with Crippen LogP contribution >= 0.6 is 0 Å². The first-order chi connectivity index (χ1) is 13.0. The number of carbonyl (C=O) groups is 2. The van der Waals surface area contributed by atoms with Crippen molar-refractivity contribution >= 4 is 11.8 Å². The van der Waals surface area contributed by atoms with E-state index in [2.05, 4.69) is 14.9 Å². The van der Waals surface area contributed by atoms with E-state index < -0.39 is 0 Å². The van der Waals surface area contributed by atoms with Crippen molar-refractivity contribution in [1.82, 2.24) is 19.8 Å². The van der Waals surface area contributed by atoms with Crippen molar-refractivity contribution in [2.45, 2.75) is 58.2 Å². The second-order valence-corrected chi connectivity index (χ2v) is 7.70. The lowest BCUT2D eigenvalue weighted by molar-refractivity contribution is -0.121. The van der Waals surface area contributed by atoms with Crippen LogP contribution < -0.4 is 5.32 Å². The van der Waals surface area contributed by atoms with E-state index in [9.17, 15) is 9.59 Å². The van der Waals surface area contributed by atoms with Crippen LogP contribution in [0.1, 0.15) is 59.7 Å². The van der Waals surface area contributed by atoms with Crippen LogP contribution in [-0.4, -0.2) is 38.9 Å². The maximum atomic E-state index is 12.9. The van der Waals surface area contributed by atoms with Crippen LogP contribution in [-0.2, 0) is 17.8 Å². The lowest BCUT2D eigenvalue weighted by Crippen LogP contribution is -2.41. The number of fused-ring (bicyclic) bond motifs is 1. The zero-order chi connectivity index (χ0) is 19.0. The maximum Gasteiger partial charge on any atom is 0.254 e. The molecule has 1 fully saturated rings. The summed E-state index contributed by atoms with van der Waals surface area (Å²) < 4.78 is 2.08. The Morgan fingerprint density at radius 2 is 2.07 bits per heavy atom. The smallest absolute Gasteiger partial charge is 0.254 e. The number of hydrogen-bond donors (Lipinski definition) is 1. The van der Waals surface area contributed by atoms with E-state index in [1.807, 2.05) is 49.2 Å². The Morgan fingerprint density at radius 3 is 2.78 bits per heavy atom. The molecule has 1 atom stereocenters. The van der Waals surface area contributed by atoms with Gasteiger partial charge in [0.25, 0.3) is 5.91 Å². The predicted molar refractivity (Wildman–Crippen MR) is 102 cm³/mol. The largest absolute Gasteiger partial charge is 0.353 e. The molecule has 2 aliphatic rings. The molecule has 1 aromatic heterocycles. The first-order valence-corrected chi connectivity index (χ1v) is 9.74. The Morgan fingerprint density at radius 1 is 1.26 bits per heavy atom. The third kappa shape index (κ3) is 3.61. The number of aryl methyl sites for hydroxylation is 1. The maximum absolute atomic E-state index is 12.9. The number of hydrogen-bond acceptors (Lipinski definition) is 3. The highest BCUT2D eigenvalue weighted by Crippen LogP contribution is 2.27. The summed E-state index contributed by atoms with van der Waals surface area (Å²) >= 11 is 0. The minimum Gasteiger partial charge on any atom is -0.353 e. The molecule has 6 nitrogen and oxygen atoms in total. The molecule has 6 heteroatoms. The average molecular weight is 366 g/mol. The molecule has 142 valence electrons. The normalized spacial score (nSPS) is 19.3. The Bertz CT molecular complexity index is 869. The van der Waals surface area contributed by atoms with Crippen LogP contribution in [0.25, 0.3) is 0 Å². The minimum absolute atomic E-state index is 0.0322. The fourth-order valence-corrected chi connectivity index (χ4v) is 3.85. The van der Waals surface area contributed by atoms with Gasteiger partial charge in [-0.05, 0) is 45.2 Å². The second kappa shape index (κ2) is 7.18. The fraction of sp³-hybridized carbons (Fsp3) is 0.476. The van der Waals surface area contributed by atoms with E-state index >= 15 is 0 Å². The van der Waals surface area contributed by atoms with Gasteiger partial charge in [0.2, 0.25) is 5.91 Å². The third-order valence-electron chi connectivity index (χ3n) is 5.62. The van der Waals surface area contributed by atoms with Crippen molar-refractivity contribution in [2.75, 3.05) is 6.54 Å². The van der Waals surface area contributed by atoms with Crippen molar-refractivity contribution in [3.05, 3.63) is 53.1 Å². The molecule has 0 unspecified atom stereocenters. The van der Waals surface area contributed by atoms with E-state index in [0.717, 1.165) is 29.9 Å². The average Bonchev–Trinajstić information content (AvgIpc) is 3.01. The molecule has 0 radical (unpaired) electrons. The molecule has 1 aliphatic heterocycles. The number of aromatic nitrogens is 2. The molecular weight excluding hydrogens is 340 g/mol. The van der Waals surface area contributed by atoms with Gasteiger partial charge in [0.15, 0.2) is 0 Å². The molecule has 2 amide bonds. The Labute approximate surface area is 159 Å². The lowest BCUT2D eigenvalue weighted by atomic mass is 9.93. The molecule has 1 saturated carbocycles. The summed E-state index contributed by atoms with van der Waals surface area (Å²) in [4.78, 5) is 31.7. The molecule has 0 bridgehead atoms. The number of benzene rings is 1. The first kappa shape index (κ1) is 17.8. The zero-order valence-corrected chi connectivity index (χ0v) is 15.9. The van der Waals surface area contributed by atoms with E-state index in [1.165, 1.54) is 6.42 Å². The summed E-state index contributed by atoms with van der Waals surface area (Å²) in [5, 5.41) is 3.06. The van der Waals surface area contributed by atoms with Crippen LogP contribution in [0.15, 0.2) is 30.5 Å². The summed E-state index contributed by atoms with van der Waals surface area (Å²) in [6.07, 6.45) is 5.62. The van der Waals surface area contributed by atoms with Gasteiger partial charge in [0.05, 0.1) is 18.2 Å². The van der Waals surface area contributed by atoms with Gasteiger partial charge in [-0.2, -0.15) is 0 Å². The van der Waals surface area contributed by atoms with E-state index in [1.54, 1.807) is 0 Å². The molecule has 1 aliphatic carbocycles. The number of carbonyl (C=O) groups excluding carboxylic acids is 2. The lowest BCUT2D eigenvalue weighted by Gasteiger charge is -2.33. The van der Waals surface area contributed by atoms with E-state index in [-0.39, 0.29) is 17.9 Å². The van der Waals surface area contributed by atoms with Gasteiger partial charge in [-0.1, -0.05) is 17.7 Å². The van der Waals surface area contributed by atoms with E-state index in [4.69, 9.17) is 0 Å². The number of nitrogens with one attached hydrogen (secondary N) is 1. The fourth-order valence-electron chi connectivity index (χ4n) is 3.85. The second-order valence-electron chi connectivity index (χ2n) is 7.70. The molecule has 4 rings (SSSR count). The Kier molecular flexibility index (Phi) is 4.72. The van der Waals surface area contributed by atoms with Gasteiger partial charge in [0, 0.05) is 30.9 Å². The van der Waals surface area contributed by atoms with Gasteiger partial charge in [-0.3, -0.25) is 9.59 Å².